The van der Waals surface area contributed by atoms with Crippen LogP contribution in [0.2, 0.25) is 0 Å². The highest BCUT2D eigenvalue weighted by molar-refractivity contribution is 5.15. The Hall–Kier alpha value is -0.930. The molecular formula is C10H13N2O-. The average Bonchev–Trinajstić information content (AvgIpc) is 2.20. The molecule has 3 nitrogen and oxygen atoms in total. The van der Waals surface area contributed by atoms with E-state index in [9.17, 15) is 5.21 Å². The molecule has 0 bridgehead atoms. The van der Waals surface area contributed by atoms with E-state index < -0.39 is 0 Å². The van der Waals surface area contributed by atoms with Gasteiger partial charge in [-0.1, -0.05) is 6.42 Å². The van der Waals surface area contributed by atoms with E-state index in [1.807, 2.05) is 12.1 Å². The third kappa shape index (κ3) is 1.87. The third-order valence-corrected chi connectivity index (χ3v) is 2.54. The summed E-state index contributed by atoms with van der Waals surface area (Å²) >= 11 is 0. The molecule has 0 N–H and O–H groups in total. The van der Waals surface area contributed by atoms with Crippen LogP contribution < -0.4 is 0 Å². The highest BCUT2D eigenvalue weighted by Gasteiger charge is 2.16. The van der Waals surface area contributed by atoms with E-state index in [0.29, 0.717) is 6.54 Å². The summed E-state index contributed by atoms with van der Waals surface area (Å²) in [7, 11) is 0. The van der Waals surface area contributed by atoms with E-state index in [1.54, 1.807) is 12.4 Å². The predicted molar refractivity (Wildman–Crippen MR) is 50.9 cm³/mol. The molecule has 0 amide bonds. The molecule has 0 saturated carbocycles. The number of hydrogen-bond donors (Lipinski definition) is 0. The van der Waals surface area contributed by atoms with Crippen molar-refractivity contribution < 1.29 is 0 Å². The molecule has 1 aliphatic rings. The number of hydrogen-bond acceptors (Lipinski definition) is 3. The Morgan fingerprint density at radius 1 is 1.31 bits per heavy atom. The SMILES string of the molecule is [O-]N1CCCCC1c1ccncc1. The molecule has 1 unspecified atom stereocenters. The van der Waals surface area contributed by atoms with Gasteiger partial charge >= 0.3 is 0 Å². The van der Waals surface area contributed by atoms with Crippen LogP contribution in [0.15, 0.2) is 24.5 Å². The number of hydroxylamine groups is 2. The molecule has 70 valence electrons. The van der Waals surface area contributed by atoms with Gasteiger partial charge < -0.3 is 10.3 Å². The molecule has 0 radical (unpaired) electrons. The predicted octanol–water partition coefficient (Wildman–Crippen LogP) is 2.11. The van der Waals surface area contributed by atoms with Crippen molar-refractivity contribution in [2.24, 2.45) is 0 Å². The van der Waals surface area contributed by atoms with Crippen LogP contribution in [0.4, 0.5) is 0 Å². The lowest BCUT2D eigenvalue weighted by molar-refractivity contribution is 0.216. The first-order valence-corrected chi connectivity index (χ1v) is 4.71. The highest BCUT2D eigenvalue weighted by atomic mass is 16.5. The number of rotatable bonds is 1. The lowest BCUT2D eigenvalue weighted by atomic mass is 9.98. The standard InChI is InChI=1S/C10H13N2O/c13-12-8-2-1-3-10(12)9-4-6-11-7-5-9/h4-7,10H,1-3,8H2/q-1. The molecule has 1 atom stereocenters. The Kier molecular flexibility index (Phi) is 2.57. The average molecular weight is 177 g/mol. The van der Waals surface area contributed by atoms with Crippen molar-refractivity contribution in [1.82, 2.24) is 10.0 Å². The summed E-state index contributed by atoms with van der Waals surface area (Å²) in [6.07, 6.45) is 6.67. The Morgan fingerprint density at radius 3 is 2.77 bits per heavy atom. The summed E-state index contributed by atoms with van der Waals surface area (Å²) in [6.45, 7) is 0.674. The van der Waals surface area contributed by atoms with Crippen LogP contribution in [0.1, 0.15) is 30.9 Å². The topological polar surface area (TPSA) is 39.2 Å². The van der Waals surface area contributed by atoms with Crippen molar-refractivity contribution in [3.8, 4) is 0 Å². The second kappa shape index (κ2) is 3.85. The van der Waals surface area contributed by atoms with Gasteiger partial charge in [-0.3, -0.25) is 4.98 Å². The van der Waals surface area contributed by atoms with Gasteiger partial charge in [-0.05, 0) is 37.1 Å². The molecular weight excluding hydrogens is 164 g/mol. The van der Waals surface area contributed by atoms with Crippen molar-refractivity contribution in [3.63, 3.8) is 0 Å². The molecule has 0 aliphatic carbocycles. The van der Waals surface area contributed by atoms with E-state index in [4.69, 9.17) is 0 Å². The maximum Gasteiger partial charge on any atom is 0.0271 e. The monoisotopic (exact) mass is 177 g/mol. The quantitative estimate of drug-likeness (QED) is 0.659. The fraction of sp³-hybridized carbons (Fsp3) is 0.500. The zero-order chi connectivity index (χ0) is 9.10. The Balaban J connectivity index is 2.15. The van der Waals surface area contributed by atoms with E-state index in [2.05, 4.69) is 4.98 Å². The van der Waals surface area contributed by atoms with Crippen molar-refractivity contribution in [1.29, 1.82) is 0 Å². The van der Waals surface area contributed by atoms with E-state index in [1.165, 1.54) is 5.06 Å². The summed E-state index contributed by atoms with van der Waals surface area (Å²) in [5.41, 5.74) is 1.10. The largest absolute Gasteiger partial charge is 0.785 e. The summed E-state index contributed by atoms with van der Waals surface area (Å²) in [5, 5.41) is 12.7. The second-order valence-electron chi connectivity index (χ2n) is 3.43. The van der Waals surface area contributed by atoms with Crippen LogP contribution >= 0.6 is 0 Å². The van der Waals surface area contributed by atoms with Gasteiger partial charge in [0.25, 0.3) is 0 Å². The van der Waals surface area contributed by atoms with Crippen LogP contribution in [0.25, 0.3) is 0 Å². The smallest absolute Gasteiger partial charge is 0.0271 e. The van der Waals surface area contributed by atoms with E-state index in [0.717, 1.165) is 24.8 Å². The minimum Gasteiger partial charge on any atom is -0.785 e. The zero-order valence-corrected chi connectivity index (χ0v) is 7.52. The Bertz CT molecular complexity index is 263. The first-order chi connectivity index (χ1) is 6.38. The Morgan fingerprint density at radius 2 is 2.08 bits per heavy atom. The molecule has 1 aromatic heterocycles. The van der Waals surface area contributed by atoms with Crippen molar-refractivity contribution in [3.05, 3.63) is 35.3 Å². The number of aromatic nitrogens is 1. The van der Waals surface area contributed by atoms with Crippen molar-refractivity contribution in [2.45, 2.75) is 25.3 Å². The molecule has 1 aliphatic heterocycles. The van der Waals surface area contributed by atoms with E-state index >= 15 is 0 Å². The molecule has 0 aromatic carbocycles. The van der Waals surface area contributed by atoms with Gasteiger partial charge in [0, 0.05) is 18.4 Å². The second-order valence-corrected chi connectivity index (χ2v) is 3.43. The zero-order valence-electron chi connectivity index (χ0n) is 7.52. The van der Waals surface area contributed by atoms with Gasteiger partial charge in [-0.2, -0.15) is 0 Å². The van der Waals surface area contributed by atoms with Crippen molar-refractivity contribution in [2.75, 3.05) is 6.54 Å². The van der Waals surface area contributed by atoms with Crippen LogP contribution in [-0.2, 0) is 0 Å². The minimum absolute atomic E-state index is 0.0664. The molecule has 1 fully saturated rings. The molecule has 3 heteroatoms. The van der Waals surface area contributed by atoms with Gasteiger partial charge in [0.2, 0.25) is 0 Å². The maximum absolute atomic E-state index is 11.5. The van der Waals surface area contributed by atoms with E-state index in [-0.39, 0.29) is 6.04 Å². The molecule has 0 spiro atoms. The lowest BCUT2D eigenvalue weighted by Crippen LogP contribution is -2.27. The van der Waals surface area contributed by atoms with Crippen LogP contribution in [-0.4, -0.2) is 16.6 Å². The molecule has 1 saturated heterocycles. The fourth-order valence-corrected chi connectivity index (χ4v) is 1.82. The van der Waals surface area contributed by atoms with Gasteiger partial charge in [0.1, 0.15) is 0 Å². The van der Waals surface area contributed by atoms with Gasteiger partial charge in [-0.15, -0.1) is 0 Å². The number of pyridine rings is 1. The normalized spacial score (nSPS) is 24.5. The highest BCUT2D eigenvalue weighted by Crippen LogP contribution is 2.29. The lowest BCUT2D eigenvalue weighted by Gasteiger charge is -2.41. The summed E-state index contributed by atoms with van der Waals surface area (Å²) in [4.78, 5) is 3.94. The third-order valence-electron chi connectivity index (χ3n) is 2.54. The first-order valence-electron chi connectivity index (χ1n) is 4.71. The van der Waals surface area contributed by atoms with Crippen molar-refractivity contribution >= 4 is 0 Å². The molecule has 2 heterocycles. The molecule has 13 heavy (non-hydrogen) atoms. The summed E-state index contributed by atoms with van der Waals surface area (Å²) in [5.74, 6) is 0. The van der Waals surface area contributed by atoms with Gasteiger partial charge in [0.15, 0.2) is 0 Å². The van der Waals surface area contributed by atoms with Gasteiger partial charge in [0.05, 0.1) is 0 Å². The fourth-order valence-electron chi connectivity index (χ4n) is 1.82. The summed E-state index contributed by atoms with van der Waals surface area (Å²) in [6, 6.07) is 3.93. The maximum atomic E-state index is 11.5. The Labute approximate surface area is 78.0 Å². The van der Waals surface area contributed by atoms with Crippen LogP contribution in [0.5, 0.6) is 0 Å². The minimum atomic E-state index is 0.0664. The molecule has 2 rings (SSSR count). The number of piperidine rings is 1. The number of nitrogens with zero attached hydrogens (tertiary/aromatic N) is 2. The molecule has 1 aromatic rings. The summed E-state index contributed by atoms with van der Waals surface area (Å²) < 4.78 is 0. The van der Waals surface area contributed by atoms with Gasteiger partial charge in [-0.25, -0.2) is 0 Å². The van der Waals surface area contributed by atoms with Crippen LogP contribution in [0.3, 0.4) is 0 Å². The first kappa shape index (κ1) is 8.66. The van der Waals surface area contributed by atoms with Crippen LogP contribution in [0, 0.1) is 5.21 Å².